The summed E-state index contributed by atoms with van der Waals surface area (Å²) in [6, 6.07) is 15.7. The van der Waals surface area contributed by atoms with Crippen molar-refractivity contribution in [2.75, 3.05) is 34.4 Å². The highest BCUT2D eigenvalue weighted by molar-refractivity contribution is 5.74. The summed E-state index contributed by atoms with van der Waals surface area (Å²) in [6.45, 7) is 0.603. The fourth-order valence-corrected chi connectivity index (χ4v) is 3.26. The van der Waals surface area contributed by atoms with Gasteiger partial charge in [0.2, 0.25) is 0 Å². The molecule has 0 radical (unpaired) electrons. The number of rotatable bonds is 14. The summed E-state index contributed by atoms with van der Waals surface area (Å²) in [5.41, 5.74) is 2.24. The minimum atomic E-state index is -1.58. The van der Waals surface area contributed by atoms with Crippen molar-refractivity contribution in [2.24, 2.45) is 0 Å². The number of aliphatic hydroxyl groups is 1. The summed E-state index contributed by atoms with van der Waals surface area (Å²) in [4.78, 5) is 24.7. The van der Waals surface area contributed by atoms with E-state index in [2.05, 4.69) is 0 Å². The van der Waals surface area contributed by atoms with Crippen LogP contribution < -0.4 is 9.47 Å². The Hall–Kier alpha value is -3.10. The van der Waals surface area contributed by atoms with E-state index in [1.54, 1.807) is 7.11 Å². The number of carboxylic acids is 1. The average Bonchev–Trinajstić information content (AvgIpc) is 2.80. The second kappa shape index (κ2) is 13.4. The maximum atomic E-state index is 12.1. The van der Waals surface area contributed by atoms with E-state index in [-0.39, 0.29) is 19.4 Å². The van der Waals surface area contributed by atoms with Crippen LogP contribution in [-0.4, -0.2) is 73.6 Å². The first-order chi connectivity index (χ1) is 15.8. The quantitative estimate of drug-likeness (QED) is 0.415. The van der Waals surface area contributed by atoms with Crippen molar-refractivity contribution in [1.29, 1.82) is 0 Å². The second-order valence-corrected chi connectivity index (χ2v) is 8.03. The molecule has 0 aliphatic rings. The molecular formula is C25H33NO7. The second-order valence-electron chi connectivity index (χ2n) is 8.03. The molecule has 180 valence electrons. The van der Waals surface area contributed by atoms with Gasteiger partial charge in [0.05, 0.1) is 7.11 Å². The number of benzene rings is 2. The monoisotopic (exact) mass is 459 g/mol. The molecule has 8 heteroatoms. The van der Waals surface area contributed by atoms with Gasteiger partial charge in [0.1, 0.15) is 24.2 Å². The Kier molecular flexibility index (Phi) is 10.7. The van der Waals surface area contributed by atoms with E-state index in [1.807, 2.05) is 67.5 Å². The highest BCUT2D eigenvalue weighted by Crippen LogP contribution is 2.21. The molecule has 8 nitrogen and oxygen atoms in total. The largest absolute Gasteiger partial charge is 0.497 e. The van der Waals surface area contributed by atoms with E-state index in [4.69, 9.17) is 19.3 Å². The van der Waals surface area contributed by atoms with Gasteiger partial charge in [-0.1, -0.05) is 30.3 Å². The lowest BCUT2D eigenvalue weighted by atomic mass is 10.0. The Morgan fingerprint density at radius 1 is 1.03 bits per heavy atom. The van der Waals surface area contributed by atoms with Crippen LogP contribution in [0.4, 0.5) is 0 Å². The highest BCUT2D eigenvalue weighted by atomic mass is 16.6. The molecule has 0 saturated heterocycles. The minimum Gasteiger partial charge on any atom is -0.497 e. The summed E-state index contributed by atoms with van der Waals surface area (Å²) in [7, 11) is 5.36. The lowest BCUT2D eigenvalue weighted by Crippen LogP contribution is -2.35. The molecule has 33 heavy (non-hydrogen) atoms. The number of aryl methyl sites for hydroxylation is 2. The van der Waals surface area contributed by atoms with Gasteiger partial charge in [-0.15, -0.1) is 0 Å². The van der Waals surface area contributed by atoms with Crippen LogP contribution in [0.15, 0.2) is 48.5 Å². The SMILES string of the molecule is COc1ccc(CCc2ccccc2OCC(CN(C)C)OC(=O)CCC(O)C(=O)O)cc1. The van der Waals surface area contributed by atoms with Crippen LogP contribution in [0.3, 0.4) is 0 Å². The summed E-state index contributed by atoms with van der Waals surface area (Å²) < 4.78 is 16.7. The zero-order chi connectivity index (χ0) is 24.2. The molecule has 0 fully saturated rings. The number of nitrogens with zero attached hydrogens (tertiary/aromatic N) is 1. The number of carbonyl (C=O) groups is 2. The van der Waals surface area contributed by atoms with Crippen molar-refractivity contribution in [3.8, 4) is 11.5 Å². The van der Waals surface area contributed by atoms with Crippen LogP contribution in [0.1, 0.15) is 24.0 Å². The van der Waals surface area contributed by atoms with E-state index >= 15 is 0 Å². The Bertz CT molecular complexity index is 883. The van der Waals surface area contributed by atoms with Crippen molar-refractivity contribution < 1.29 is 34.0 Å². The molecule has 0 aromatic heterocycles. The summed E-state index contributed by atoms with van der Waals surface area (Å²) in [5, 5.41) is 18.1. The maximum Gasteiger partial charge on any atom is 0.332 e. The van der Waals surface area contributed by atoms with Gasteiger partial charge in [-0.25, -0.2) is 4.79 Å². The van der Waals surface area contributed by atoms with Gasteiger partial charge in [-0.05, 0) is 62.7 Å². The molecule has 0 heterocycles. The van der Waals surface area contributed by atoms with Gasteiger partial charge >= 0.3 is 11.9 Å². The maximum absolute atomic E-state index is 12.1. The fourth-order valence-electron chi connectivity index (χ4n) is 3.26. The van der Waals surface area contributed by atoms with Gasteiger partial charge in [0.25, 0.3) is 0 Å². The first-order valence-corrected chi connectivity index (χ1v) is 10.9. The summed E-state index contributed by atoms with van der Waals surface area (Å²) >= 11 is 0. The summed E-state index contributed by atoms with van der Waals surface area (Å²) in [5.74, 6) is -0.380. The minimum absolute atomic E-state index is 0.158. The normalized spacial score (nSPS) is 12.8. The topological polar surface area (TPSA) is 106 Å². The van der Waals surface area contributed by atoms with Crippen LogP contribution in [0.5, 0.6) is 11.5 Å². The average molecular weight is 460 g/mol. The number of hydrogen-bond donors (Lipinski definition) is 2. The number of aliphatic hydroxyl groups excluding tert-OH is 1. The van der Waals surface area contributed by atoms with Gasteiger partial charge in [0.15, 0.2) is 6.10 Å². The lowest BCUT2D eigenvalue weighted by Gasteiger charge is -2.22. The summed E-state index contributed by atoms with van der Waals surface area (Å²) in [6.07, 6.45) is -0.879. The molecule has 0 saturated carbocycles. The van der Waals surface area contributed by atoms with Gasteiger partial charge in [-0.3, -0.25) is 4.79 Å². The van der Waals surface area contributed by atoms with Crippen molar-refractivity contribution in [3.63, 3.8) is 0 Å². The zero-order valence-electron chi connectivity index (χ0n) is 19.4. The van der Waals surface area contributed by atoms with Crippen LogP contribution in [0, 0.1) is 0 Å². The zero-order valence-corrected chi connectivity index (χ0v) is 19.4. The van der Waals surface area contributed by atoms with Crippen LogP contribution in [0.25, 0.3) is 0 Å². The predicted molar refractivity (Wildman–Crippen MR) is 124 cm³/mol. The molecular weight excluding hydrogens is 426 g/mol. The Morgan fingerprint density at radius 3 is 2.36 bits per heavy atom. The highest BCUT2D eigenvalue weighted by Gasteiger charge is 2.20. The van der Waals surface area contributed by atoms with E-state index in [0.29, 0.717) is 6.54 Å². The fraction of sp³-hybridized carbons (Fsp3) is 0.440. The number of aliphatic carboxylic acids is 1. The molecule has 2 aromatic rings. The number of likely N-dealkylation sites (N-methyl/N-ethyl adjacent to an activating group) is 1. The van der Waals surface area contributed by atoms with Crippen molar-refractivity contribution in [3.05, 3.63) is 59.7 Å². The predicted octanol–water partition coefficient (Wildman–Crippen LogP) is 2.56. The van der Waals surface area contributed by atoms with Crippen molar-refractivity contribution >= 4 is 11.9 Å². The Labute approximate surface area is 194 Å². The third-order valence-electron chi connectivity index (χ3n) is 5.01. The molecule has 2 unspecified atom stereocenters. The van der Waals surface area contributed by atoms with Crippen LogP contribution >= 0.6 is 0 Å². The molecule has 2 atom stereocenters. The number of carboxylic acid groups (broad SMARTS) is 1. The third-order valence-corrected chi connectivity index (χ3v) is 5.01. The van der Waals surface area contributed by atoms with Gasteiger partial charge < -0.3 is 29.3 Å². The third kappa shape index (κ3) is 9.51. The molecule has 2 aromatic carbocycles. The van der Waals surface area contributed by atoms with Gasteiger partial charge in [0, 0.05) is 13.0 Å². The van der Waals surface area contributed by atoms with Gasteiger partial charge in [-0.2, -0.15) is 0 Å². The number of hydrogen-bond acceptors (Lipinski definition) is 7. The smallest absolute Gasteiger partial charge is 0.332 e. The van der Waals surface area contributed by atoms with E-state index < -0.39 is 24.1 Å². The first kappa shape index (κ1) is 26.2. The molecule has 2 N–H and O–H groups in total. The first-order valence-electron chi connectivity index (χ1n) is 10.9. The van der Waals surface area contributed by atoms with E-state index in [9.17, 15) is 14.7 Å². The molecule has 2 rings (SSSR count). The number of ether oxygens (including phenoxy) is 3. The molecule has 0 spiro atoms. The van der Waals surface area contributed by atoms with E-state index in [1.165, 1.54) is 5.56 Å². The Morgan fingerprint density at radius 2 is 1.73 bits per heavy atom. The lowest BCUT2D eigenvalue weighted by molar-refractivity contribution is -0.153. The number of methoxy groups -OCH3 is 1. The molecule has 0 aliphatic heterocycles. The van der Waals surface area contributed by atoms with Crippen molar-refractivity contribution in [1.82, 2.24) is 4.90 Å². The molecule has 0 bridgehead atoms. The van der Waals surface area contributed by atoms with Crippen LogP contribution in [0.2, 0.25) is 0 Å². The molecule has 0 aliphatic carbocycles. The molecule has 0 amide bonds. The number of para-hydroxylation sites is 1. The Balaban J connectivity index is 1.94. The standard InChI is InChI=1S/C25H33NO7/c1-26(2)16-21(33-24(28)15-14-22(27)25(29)30)17-32-23-7-5-4-6-19(23)11-8-18-9-12-20(31-3)13-10-18/h4-7,9-10,12-13,21-22,27H,8,11,14-17H2,1-3H3,(H,29,30). The van der Waals surface area contributed by atoms with Crippen molar-refractivity contribution in [2.45, 2.75) is 37.9 Å². The number of esters is 1. The number of carbonyl (C=O) groups excluding carboxylic acids is 1. The van der Waals surface area contributed by atoms with Crippen LogP contribution in [-0.2, 0) is 27.2 Å². The van der Waals surface area contributed by atoms with E-state index in [0.717, 1.165) is 29.9 Å².